The highest BCUT2D eigenvalue weighted by molar-refractivity contribution is 5.29. The zero-order chi connectivity index (χ0) is 10.1. The van der Waals surface area contributed by atoms with Crippen LogP contribution in [0.1, 0.15) is 11.1 Å². The number of rotatable bonds is 0. The van der Waals surface area contributed by atoms with Gasteiger partial charge in [-0.2, -0.15) is 0 Å². The third kappa shape index (κ3) is 1.80. The second-order valence-corrected chi connectivity index (χ2v) is 4.62. The van der Waals surface area contributed by atoms with Crippen molar-refractivity contribution in [1.82, 2.24) is 10.2 Å². The molecule has 1 aromatic carbocycles. The Bertz CT molecular complexity index is 348. The molecule has 3 rings (SSSR count). The van der Waals surface area contributed by atoms with Crippen LogP contribution >= 0.6 is 0 Å². The highest BCUT2D eigenvalue weighted by Gasteiger charge is 2.25. The second-order valence-electron chi connectivity index (χ2n) is 4.62. The number of hydrogen-bond acceptors (Lipinski definition) is 2. The topological polar surface area (TPSA) is 15.3 Å². The van der Waals surface area contributed by atoms with Crippen LogP contribution in [-0.2, 0) is 12.8 Å². The lowest BCUT2D eigenvalue weighted by Crippen LogP contribution is -2.51. The smallest absolute Gasteiger partial charge is 0.0261 e. The lowest BCUT2D eigenvalue weighted by molar-refractivity contribution is 0.168. The summed E-state index contributed by atoms with van der Waals surface area (Å²) in [6, 6.07) is 9.66. The Morgan fingerprint density at radius 1 is 1.13 bits per heavy atom. The molecule has 0 saturated carbocycles. The van der Waals surface area contributed by atoms with E-state index >= 15 is 0 Å². The highest BCUT2D eigenvalue weighted by Crippen LogP contribution is 2.20. The van der Waals surface area contributed by atoms with E-state index < -0.39 is 0 Å². The van der Waals surface area contributed by atoms with Crippen molar-refractivity contribution in [3.8, 4) is 0 Å². The molecule has 80 valence electrons. The Balaban J connectivity index is 1.88. The second kappa shape index (κ2) is 3.95. The fourth-order valence-electron chi connectivity index (χ4n) is 2.82. The minimum Gasteiger partial charge on any atom is -0.314 e. The maximum absolute atomic E-state index is 3.50. The zero-order valence-corrected chi connectivity index (χ0v) is 9.08. The molecule has 2 aliphatic rings. The van der Waals surface area contributed by atoms with E-state index in [0.717, 1.165) is 19.1 Å². The highest BCUT2D eigenvalue weighted by atomic mass is 15.2. The van der Waals surface area contributed by atoms with Crippen molar-refractivity contribution in [3.05, 3.63) is 35.4 Å². The normalized spacial score (nSPS) is 26.5. The largest absolute Gasteiger partial charge is 0.314 e. The van der Waals surface area contributed by atoms with Crippen molar-refractivity contribution in [2.24, 2.45) is 0 Å². The molecule has 1 fully saturated rings. The van der Waals surface area contributed by atoms with Crippen molar-refractivity contribution in [1.29, 1.82) is 0 Å². The zero-order valence-electron chi connectivity index (χ0n) is 9.08. The summed E-state index contributed by atoms with van der Waals surface area (Å²) in [6.07, 6.45) is 2.45. The number of piperazine rings is 1. The van der Waals surface area contributed by atoms with E-state index in [1.807, 2.05) is 0 Å². The van der Waals surface area contributed by atoms with Crippen LogP contribution in [0.25, 0.3) is 0 Å². The molecule has 2 nitrogen and oxygen atoms in total. The van der Waals surface area contributed by atoms with Crippen molar-refractivity contribution in [2.75, 3.05) is 26.2 Å². The number of nitrogens with zero attached hydrogens (tertiary/aromatic N) is 1. The first kappa shape index (κ1) is 9.37. The molecule has 0 spiro atoms. The summed E-state index contributed by atoms with van der Waals surface area (Å²) in [5.74, 6) is 0. The Hall–Kier alpha value is -0.860. The van der Waals surface area contributed by atoms with E-state index in [4.69, 9.17) is 0 Å². The van der Waals surface area contributed by atoms with E-state index in [9.17, 15) is 0 Å². The monoisotopic (exact) mass is 202 g/mol. The molecule has 0 bridgehead atoms. The Morgan fingerprint density at radius 3 is 2.93 bits per heavy atom. The molecule has 1 aromatic rings. The number of hydrogen-bond donors (Lipinski definition) is 1. The van der Waals surface area contributed by atoms with Crippen LogP contribution < -0.4 is 5.32 Å². The van der Waals surface area contributed by atoms with Crippen LogP contribution in [0.5, 0.6) is 0 Å². The average Bonchev–Trinajstić information content (AvgIpc) is 2.48. The lowest BCUT2D eigenvalue weighted by atomic mass is 10.00. The number of fused-ring (bicyclic) bond motifs is 2. The molecule has 1 unspecified atom stereocenters. The van der Waals surface area contributed by atoms with Gasteiger partial charge in [-0.25, -0.2) is 0 Å². The van der Waals surface area contributed by atoms with Crippen LogP contribution in [0, 0.1) is 0 Å². The standard InChI is InChI=1S/C13H18N2/c1-2-4-12-9-13-10-14-6-8-15(13)7-5-11(12)3-1/h1-4,13-14H,5-10H2. The van der Waals surface area contributed by atoms with Crippen molar-refractivity contribution in [2.45, 2.75) is 18.9 Å². The molecule has 2 heterocycles. The molecule has 1 saturated heterocycles. The molecular formula is C13H18N2. The van der Waals surface area contributed by atoms with Crippen LogP contribution in [0.15, 0.2) is 24.3 Å². The van der Waals surface area contributed by atoms with Gasteiger partial charge in [0.1, 0.15) is 0 Å². The van der Waals surface area contributed by atoms with Crippen molar-refractivity contribution < 1.29 is 0 Å². The Morgan fingerprint density at radius 2 is 2.00 bits per heavy atom. The van der Waals surface area contributed by atoms with E-state index in [-0.39, 0.29) is 0 Å². The minimum atomic E-state index is 0.724. The number of nitrogens with one attached hydrogen (secondary N) is 1. The van der Waals surface area contributed by atoms with Gasteiger partial charge >= 0.3 is 0 Å². The van der Waals surface area contributed by atoms with Gasteiger partial charge in [-0.05, 0) is 24.0 Å². The van der Waals surface area contributed by atoms with Gasteiger partial charge in [0.25, 0.3) is 0 Å². The molecule has 0 aromatic heterocycles. The van der Waals surface area contributed by atoms with E-state index in [2.05, 4.69) is 34.5 Å². The van der Waals surface area contributed by atoms with Crippen LogP contribution in [-0.4, -0.2) is 37.1 Å². The summed E-state index contributed by atoms with van der Waals surface area (Å²) >= 11 is 0. The van der Waals surface area contributed by atoms with Gasteiger partial charge in [0.15, 0.2) is 0 Å². The van der Waals surface area contributed by atoms with Gasteiger partial charge in [0.05, 0.1) is 0 Å². The molecule has 15 heavy (non-hydrogen) atoms. The summed E-state index contributed by atoms with van der Waals surface area (Å²) < 4.78 is 0. The summed E-state index contributed by atoms with van der Waals surface area (Å²) in [5, 5.41) is 3.50. The lowest BCUT2D eigenvalue weighted by Gasteiger charge is -2.34. The SMILES string of the molecule is c1ccc2c(c1)CCN1CCNCC1C2. The van der Waals surface area contributed by atoms with E-state index in [0.29, 0.717) is 0 Å². The van der Waals surface area contributed by atoms with Crippen LogP contribution in [0.3, 0.4) is 0 Å². The van der Waals surface area contributed by atoms with Gasteiger partial charge < -0.3 is 5.32 Å². The molecule has 0 radical (unpaired) electrons. The van der Waals surface area contributed by atoms with Gasteiger partial charge in [0.2, 0.25) is 0 Å². The molecule has 0 amide bonds. The molecule has 2 heteroatoms. The molecule has 0 aliphatic carbocycles. The third-order valence-electron chi connectivity index (χ3n) is 3.71. The van der Waals surface area contributed by atoms with Gasteiger partial charge in [-0.3, -0.25) is 4.90 Å². The molecule has 1 N–H and O–H groups in total. The Kier molecular flexibility index (Phi) is 2.47. The van der Waals surface area contributed by atoms with Crippen LogP contribution in [0.2, 0.25) is 0 Å². The van der Waals surface area contributed by atoms with E-state index in [1.54, 1.807) is 11.1 Å². The maximum atomic E-state index is 3.50. The summed E-state index contributed by atoms with van der Waals surface area (Å²) in [6.45, 7) is 4.78. The summed E-state index contributed by atoms with van der Waals surface area (Å²) in [4.78, 5) is 2.65. The molecular weight excluding hydrogens is 184 g/mol. The first-order valence-corrected chi connectivity index (χ1v) is 5.95. The molecule has 2 aliphatic heterocycles. The minimum absolute atomic E-state index is 0.724. The van der Waals surface area contributed by atoms with Crippen molar-refractivity contribution >= 4 is 0 Å². The van der Waals surface area contributed by atoms with Gasteiger partial charge in [0, 0.05) is 32.2 Å². The van der Waals surface area contributed by atoms with E-state index in [1.165, 1.54) is 25.9 Å². The molecule has 1 atom stereocenters. The quantitative estimate of drug-likeness (QED) is 0.677. The Labute approximate surface area is 91.3 Å². The number of benzene rings is 1. The maximum Gasteiger partial charge on any atom is 0.0261 e. The first-order chi connectivity index (χ1) is 7.43. The van der Waals surface area contributed by atoms with Gasteiger partial charge in [-0.15, -0.1) is 0 Å². The van der Waals surface area contributed by atoms with Gasteiger partial charge in [-0.1, -0.05) is 24.3 Å². The predicted molar refractivity (Wildman–Crippen MR) is 62.1 cm³/mol. The fourth-order valence-corrected chi connectivity index (χ4v) is 2.82. The van der Waals surface area contributed by atoms with Crippen molar-refractivity contribution in [3.63, 3.8) is 0 Å². The summed E-state index contributed by atoms with van der Waals surface area (Å²) in [5.41, 5.74) is 3.13. The van der Waals surface area contributed by atoms with Crippen LogP contribution in [0.4, 0.5) is 0 Å². The average molecular weight is 202 g/mol. The first-order valence-electron chi connectivity index (χ1n) is 5.95. The third-order valence-corrected chi connectivity index (χ3v) is 3.71. The fraction of sp³-hybridized carbons (Fsp3) is 0.538. The predicted octanol–water partition coefficient (Wildman–Crippen LogP) is 1.06. The summed E-state index contributed by atoms with van der Waals surface area (Å²) in [7, 11) is 0.